The molecule has 0 aliphatic carbocycles. The van der Waals surface area contributed by atoms with Gasteiger partial charge in [-0.3, -0.25) is 9.10 Å². The number of benzene rings is 2. The first-order chi connectivity index (χ1) is 13.3. The van der Waals surface area contributed by atoms with Crippen molar-refractivity contribution in [2.45, 2.75) is 25.3 Å². The van der Waals surface area contributed by atoms with Crippen LogP contribution in [-0.2, 0) is 16.6 Å². The first-order valence-corrected chi connectivity index (χ1v) is 11.1. The summed E-state index contributed by atoms with van der Waals surface area (Å²) >= 11 is 1.58. The molecule has 0 bridgehead atoms. The highest BCUT2D eigenvalue weighted by atomic mass is 32.2. The molecule has 146 valence electrons. The molecule has 0 saturated carbocycles. The van der Waals surface area contributed by atoms with Crippen LogP contribution in [0.15, 0.2) is 64.9 Å². The molecule has 5 nitrogen and oxygen atoms in total. The van der Waals surface area contributed by atoms with E-state index in [2.05, 4.69) is 5.32 Å². The lowest BCUT2D eigenvalue weighted by molar-refractivity contribution is 0.0951. The molecule has 3 aromatic rings. The molecular formula is C21H22N2O3S2. The summed E-state index contributed by atoms with van der Waals surface area (Å²) in [7, 11) is -2.26. The maximum absolute atomic E-state index is 13.0. The first kappa shape index (κ1) is 20.1. The van der Waals surface area contributed by atoms with E-state index in [1.807, 2.05) is 37.4 Å². The van der Waals surface area contributed by atoms with Gasteiger partial charge in [0.25, 0.3) is 15.9 Å². The van der Waals surface area contributed by atoms with Gasteiger partial charge in [0.05, 0.1) is 17.1 Å². The van der Waals surface area contributed by atoms with E-state index in [4.69, 9.17) is 0 Å². The van der Waals surface area contributed by atoms with Crippen LogP contribution in [0.4, 0.5) is 5.69 Å². The Hall–Kier alpha value is -2.64. The van der Waals surface area contributed by atoms with Crippen molar-refractivity contribution in [3.63, 3.8) is 0 Å². The number of nitrogens with one attached hydrogen (secondary N) is 1. The molecule has 28 heavy (non-hydrogen) atoms. The van der Waals surface area contributed by atoms with Gasteiger partial charge in [-0.2, -0.15) is 0 Å². The minimum Gasteiger partial charge on any atom is -0.347 e. The number of aryl methyl sites for hydroxylation is 2. The van der Waals surface area contributed by atoms with E-state index in [0.717, 1.165) is 16.0 Å². The molecular weight excluding hydrogens is 392 g/mol. The van der Waals surface area contributed by atoms with Gasteiger partial charge in [0, 0.05) is 17.5 Å². The quantitative estimate of drug-likeness (QED) is 0.660. The Morgan fingerprint density at radius 2 is 1.79 bits per heavy atom. The van der Waals surface area contributed by atoms with Crippen molar-refractivity contribution in [2.24, 2.45) is 0 Å². The van der Waals surface area contributed by atoms with Gasteiger partial charge >= 0.3 is 0 Å². The SMILES string of the molecule is Cc1ccc(N(C)S(=O)(=O)c2cccc(C(=O)NCc3sccc3C)c2)cc1. The molecule has 0 radical (unpaired) electrons. The lowest BCUT2D eigenvalue weighted by Gasteiger charge is -2.20. The summed E-state index contributed by atoms with van der Waals surface area (Å²) in [4.78, 5) is 13.7. The van der Waals surface area contributed by atoms with Crippen LogP contribution in [0, 0.1) is 13.8 Å². The minimum absolute atomic E-state index is 0.0792. The highest BCUT2D eigenvalue weighted by molar-refractivity contribution is 7.92. The fraction of sp³-hybridized carbons (Fsp3) is 0.190. The second kappa shape index (κ2) is 8.16. The molecule has 1 amide bonds. The van der Waals surface area contributed by atoms with Gasteiger partial charge < -0.3 is 5.32 Å². The van der Waals surface area contributed by atoms with Crippen LogP contribution in [0.3, 0.4) is 0 Å². The highest BCUT2D eigenvalue weighted by Crippen LogP contribution is 2.23. The van der Waals surface area contributed by atoms with Crippen molar-refractivity contribution >= 4 is 33.0 Å². The molecule has 1 N–H and O–H groups in total. The lowest BCUT2D eigenvalue weighted by atomic mass is 10.2. The van der Waals surface area contributed by atoms with Crippen LogP contribution in [0.25, 0.3) is 0 Å². The van der Waals surface area contributed by atoms with Crippen molar-refractivity contribution in [3.05, 3.63) is 81.5 Å². The number of hydrogen-bond donors (Lipinski definition) is 1. The second-order valence-corrected chi connectivity index (χ2v) is 9.52. The van der Waals surface area contributed by atoms with Crippen LogP contribution in [0.1, 0.15) is 26.4 Å². The Morgan fingerprint density at radius 3 is 2.43 bits per heavy atom. The largest absolute Gasteiger partial charge is 0.347 e. The van der Waals surface area contributed by atoms with E-state index in [1.54, 1.807) is 35.6 Å². The number of nitrogens with zero attached hydrogens (tertiary/aromatic N) is 1. The standard InChI is InChI=1S/C21H22N2O3S2/c1-15-7-9-18(10-8-15)23(3)28(25,26)19-6-4-5-17(13-19)21(24)22-14-20-16(2)11-12-27-20/h4-13H,14H2,1-3H3,(H,22,24). The molecule has 0 aliphatic heterocycles. The Labute approximate surface area is 169 Å². The minimum atomic E-state index is -3.77. The van der Waals surface area contributed by atoms with E-state index in [-0.39, 0.29) is 10.8 Å². The molecule has 0 fully saturated rings. The zero-order valence-corrected chi connectivity index (χ0v) is 17.6. The highest BCUT2D eigenvalue weighted by Gasteiger charge is 2.22. The third kappa shape index (κ3) is 4.26. The van der Waals surface area contributed by atoms with Gasteiger partial charge in [0.2, 0.25) is 0 Å². The van der Waals surface area contributed by atoms with Gasteiger partial charge in [0.15, 0.2) is 0 Å². The monoisotopic (exact) mass is 414 g/mol. The molecule has 0 saturated heterocycles. The lowest BCUT2D eigenvalue weighted by Crippen LogP contribution is -2.27. The summed E-state index contributed by atoms with van der Waals surface area (Å²) in [6.07, 6.45) is 0. The molecule has 0 spiro atoms. The Balaban J connectivity index is 1.80. The smallest absolute Gasteiger partial charge is 0.264 e. The van der Waals surface area contributed by atoms with Gasteiger partial charge in [-0.15, -0.1) is 11.3 Å². The molecule has 1 aromatic heterocycles. The molecule has 0 aliphatic rings. The Morgan fingerprint density at radius 1 is 1.07 bits per heavy atom. The molecule has 0 unspecified atom stereocenters. The first-order valence-electron chi connectivity index (χ1n) is 8.76. The average Bonchev–Trinajstić information content (AvgIpc) is 3.11. The second-order valence-electron chi connectivity index (χ2n) is 6.55. The third-order valence-corrected chi connectivity index (χ3v) is 7.33. The van der Waals surface area contributed by atoms with Crippen molar-refractivity contribution in [3.8, 4) is 0 Å². The third-order valence-electron chi connectivity index (χ3n) is 4.53. The summed E-state index contributed by atoms with van der Waals surface area (Å²) in [6, 6.07) is 15.3. The number of rotatable bonds is 6. The summed E-state index contributed by atoms with van der Waals surface area (Å²) in [5.41, 5.74) is 3.05. The predicted octanol–water partition coefficient (Wildman–Crippen LogP) is 4.12. The number of carbonyl (C=O) groups is 1. The Bertz CT molecular complexity index is 1090. The topological polar surface area (TPSA) is 66.5 Å². The van der Waals surface area contributed by atoms with Crippen LogP contribution < -0.4 is 9.62 Å². The molecule has 1 heterocycles. The summed E-state index contributed by atoms with van der Waals surface area (Å²) in [6.45, 7) is 4.35. The summed E-state index contributed by atoms with van der Waals surface area (Å²) in [5.74, 6) is -0.303. The van der Waals surface area contributed by atoms with Crippen LogP contribution in [-0.4, -0.2) is 21.4 Å². The normalized spacial score (nSPS) is 11.2. The zero-order valence-electron chi connectivity index (χ0n) is 16.0. The van der Waals surface area contributed by atoms with Crippen LogP contribution in [0.2, 0.25) is 0 Å². The van der Waals surface area contributed by atoms with E-state index >= 15 is 0 Å². The Kier molecular flexibility index (Phi) is 5.86. The fourth-order valence-electron chi connectivity index (χ4n) is 2.70. The number of hydrogen-bond acceptors (Lipinski definition) is 4. The van der Waals surface area contributed by atoms with E-state index in [9.17, 15) is 13.2 Å². The molecule has 7 heteroatoms. The number of thiophene rings is 1. The van der Waals surface area contributed by atoms with Gasteiger partial charge in [0.1, 0.15) is 0 Å². The van der Waals surface area contributed by atoms with Crippen LogP contribution in [0.5, 0.6) is 0 Å². The number of sulfonamides is 1. The van der Waals surface area contributed by atoms with E-state index in [0.29, 0.717) is 17.8 Å². The van der Waals surface area contributed by atoms with Crippen LogP contribution >= 0.6 is 11.3 Å². The van der Waals surface area contributed by atoms with Crippen molar-refractivity contribution in [1.29, 1.82) is 0 Å². The van der Waals surface area contributed by atoms with E-state index < -0.39 is 10.0 Å². The molecule has 2 aromatic carbocycles. The van der Waals surface area contributed by atoms with Gasteiger partial charge in [-0.1, -0.05) is 23.8 Å². The fourth-order valence-corrected chi connectivity index (χ4v) is 4.78. The maximum Gasteiger partial charge on any atom is 0.264 e. The van der Waals surface area contributed by atoms with Gasteiger partial charge in [-0.05, 0) is 61.2 Å². The van der Waals surface area contributed by atoms with Crippen molar-refractivity contribution in [2.75, 3.05) is 11.4 Å². The van der Waals surface area contributed by atoms with E-state index in [1.165, 1.54) is 23.5 Å². The predicted molar refractivity (Wildman–Crippen MR) is 113 cm³/mol. The molecule has 3 rings (SSSR count). The zero-order chi connectivity index (χ0) is 20.3. The maximum atomic E-state index is 13.0. The molecule has 0 atom stereocenters. The summed E-state index contributed by atoms with van der Waals surface area (Å²) < 4.78 is 27.2. The average molecular weight is 415 g/mol. The number of anilines is 1. The number of amides is 1. The number of carbonyl (C=O) groups excluding carboxylic acids is 1. The van der Waals surface area contributed by atoms with Gasteiger partial charge in [-0.25, -0.2) is 8.42 Å². The van der Waals surface area contributed by atoms with Crippen molar-refractivity contribution < 1.29 is 13.2 Å². The summed E-state index contributed by atoms with van der Waals surface area (Å²) in [5, 5.41) is 4.83. The van der Waals surface area contributed by atoms with Crippen molar-refractivity contribution in [1.82, 2.24) is 5.32 Å².